The molecule has 104 valence electrons. The molecule has 1 unspecified atom stereocenters. The molecule has 3 rings (SSSR count). The molecule has 20 heavy (non-hydrogen) atoms. The molecule has 0 saturated carbocycles. The Balaban J connectivity index is 1.78. The minimum absolute atomic E-state index is 0.0556. The third-order valence-electron chi connectivity index (χ3n) is 2.82. The van der Waals surface area contributed by atoms with Crippen molar-refractivity contribution < 1.29 is 4.79 Å². The van der Waals surface area contributed by atoms with Gasteiger partial charge in [0.25, 0.3) is 5.95 Å². The summed E-state index contributed by atoms with van der Waals surface area (Å²) in [5.41, 5.74) is 0. The number of hydrogen-bond donors (Lipinski definition) is 2. The SMILES string of the molecule is O=C1CCC(Nc2nc(Cl)nc(-n3cncn3)n2)CN1. The lowest BCUT2D eigenvalue weighted by atomic mass is 10.1. The monoisotopic (exact) mass is 294 g/mol. The number of amides is 1. The third kappa shape index (κ3) is 2.82. The normalized spacial score (nSPS) is 18.6. The van der Waals surface area contributed by atoms with Gasteiger partial charge in [0.1, 0.15) is 12.7 Å². The van der Waals surface area contributed by atoms with Gasteiger partial charge in [0.05, 0.1) is 0 Å². The van der Waals surface area contributed by atoms with Gasteiger partial charge in [-0.15, -0.1) is 0 Å². The van der Waals surface area contributed by atoms with Crippen LogP contribution in [-0.4, -0.2) is 48.2 Å². The first-order chi connectivity index (χ1) is 9.70. The Bertz CT molecular complexity index is 606. The molecular formula is C10H11ClN8O. The van der Waals surface area contributed by atoms with Gasteiger partial charge in [-0.25, -0.2) is 4.98 Å². The number of nitrogens with one attached hydrogen (secondary N) is 2. The van der Waals surface area contributed by atoms with E-state index in [-0.39, 0.29) is 23.2 Å². The van der Waals surface area contributed by atoms with E-state index < -0.39 is 0 Å². The van der Waals surface area contributed by atoms with E-state index >= 15 is 0 Å². The van der Waals surface area contributed by atoms with Gasteiger partial charge in [-0.05, 0) is 18.0 Å². The molecule has 1 saturated heterocycles. The molecule has 0 aliphatic carbocycles. The van der Waals surface area contributed by atoms with E-state index in [1.54, 1.807) is 0 Å². The molecule has 10 heteroatoms. The fourth-order valence-electron chi connectivity index (χ4n) is 1.86. The predicted octanol–water partition coefficient (Wildman–Crippen LogP) is -0.204. The highest BCUT2D eigenvalue weighted by Gasteiger charge is 2.19. The zero-order valence-corrected chi connectivity index (χ0v) is 11.1. The Labute approximate surface area is 118 Å². The summed E-state index contributed by atoms with van der Waals surface area (Å²) in [6, 6.07) is 0.0646. The Morgan fingerprint density at radius 2 is 2.30 bits per heavy atom. The Morgan fingerprint density at radius 1 is 1.40 bits per heavy atom. The van der Waals surface area contributed by atoms with Crippen molar-refractivity contribution in [2.75, 3.05) is 11.9 Å². The number of aromatic nitrogens is 6. The lowest BCUT2D eigenvalue weighted by Crippen LogP contribution is -2.42. The molecule has 1 aliphatic heterocycles. The average molecular weight is 295 g/mol. The van der Waals surface area contributed by atoms with Crippen molar-refractivity contribution in [3.63, 3.8) is 0 Å². The van der Waals surface area contributed by atoms with Crippen molar-refractivity contribution in [1.29, 1.82) is 0 Å². The Kier molecular flexibility index (Phi) is 3.42. The summed E-state index contributed by atoms with van der Waals surface area (Å²) < 4.78 is 1.39. The average Bonchev–Trinajstić information content (AvgIpc) is 2.95. The predicted molar refractivity (Wildman–Crippen MR) is 69.4 cm³/mol. The molecule has 0 radical (unpaired) electrons. The summed E-state index contributed by atoms with van der Waals surface area (Å²) in [7, 11) is 0. The molecular weight excluding hydrogens is 284 g/mol. The van der Waals surface area contributed by atoms with E-state index in [9.17, 15) is 4.79 Å². The van der Waals surface area contributed by atoms with Crippen molar-refractivity contribution in [2.45, 2.75) is 18.9 Å². The van der Waals surface area contributed by atoms with Crippen LogP contribution in [0.1, 0.15) is 12.8 Å². The maximum atomic E-state index is 11.1. The van der Waals surface area contributed by atoms with Crippen molar-refractivity contribution in [3.8, 4) is 5.95 Å². The smallest absolute Gasteiger partial charge is 0.258 e. The molecule has 2 aromatic heterocycles. The number of anilines is 1. The second kappa shape index (κ2) is 5.37. The molecule has 0 aromatic carbocycles. The molecule has 9 nitrogen and oxygen atoms in total. The minimum Gasteiger partial charge on any atom is -0.354 e. The van der Waals surface area contributed by atoms with E-state index in [0.717, 1.165) is 0 Å². The van der Waals surface area contributed by atoms with E-state index in [2.05, 4.69) is 35.7 Å². The van der Waals surface area contributed by atoms with Crippen molar-refractivity contribution in [1.82, 2.24) is 35.0 Å². The molecule has 2 N–H and O–H groups in total. The first-order valence-electron chi connectivity index (χ1n) is 6.00. The van der Waals surface area contributed by atoms with E-state index in [0.29, 0.717) is 25.3 Å². The zero-order chi connectivity index (χ0) is 13.9. The highest BCUT2D eigenvalue weighted by atomic mass is 35.5. The standard InChI is InChI=1S/C10H11ClN8O/c11-8-16-9(15-6-1-2-7(20)13-3-6)18-10(17-8)19-5-12-4-14-19/h4-6H,1-3H2,(H,13,20)(H,15,16,17,18). The molecule has 0 bridgehead atoms. The van der Waals surface area contributed by atoms with Crippen LogP contribution >= 0.6 is 11.6 Å². The van der Waals surface area contributed by atoms with Gasteiger partial charge in [0.15, 0.2) is 0 Å². The molecule has 1 amide bonds. The van der Waals surface area contributed by atoms with Gasteiger partial charge in [-0.3, -0.25) is 4.79 Å². The topological polar surface area (TPSA) is 111 Å². The molecule has 0 spiro atoms. The minimum atomic E-state index is 0.0556. The van der Waals surface area contributed by atoms with Crippen LogP contribution in [0.15, 0.2) is 12.7 Å². The van der Waals surface area contributed by atoms with Crippen LogP contribution < -0.4 is 10.6 Å². The summed E-state index contributed by atoms with van der Waals surface area (Å²) in [5, 5.41) is 9.90. The first kappa shape index (κ1) is 12.7. The number of hydrogen-bond acceptors (Lipinski definition) is 7. The maximum absolute atomic E-state index is 11.1. The Morgan fingerprint density at radius 3 is 3.00 bits per heavy atom. The van der Waals surface area contributed by atoms with Crippen molar-refractivity contribution >= 4 is 23.5 Å². The summed E-state index contributed by atoms with van der Waals surface area (Å²) in [4.78, 5) is 27.1. The lowest BCUT2D eigenvalue weighted by molar-refractivity contribution is -0.122. The van der Waals surface area contributed by atoms with Gasteiger partial charge < -0.3 is 10.6 Å². The van der Waals surface area contributed by atoms with Crippen LogP contribution in [0.25, 0.3) is 5.95 Å². The highest BCUT2D eigenvalue weighted by Crippen LogP contribution is 2.12. The molecule has 1 fully saturated rings. The van der Waals surface area contributed by atoms with Gasteiger partial charge >= 0.3 is 0 Å². The number of rotatable bonds is 3. The zero-order valence-electron chi connectivity index (χ0n) is 10.3. The highest BCUT2D eigenvalue weighted by molar-refractivity contribution is 6.28. The number of carbonyl (C=O) groups excluding carboxylic acids is 1. The van der Waals surface area contributed by atoms with Crippen LogP contribution in [0.3, 0.4) is 0 Å². The van der Waals surface area contributed by atoms with Crippen LogP contribution in [0.5, 0.6) is 0 Å². The largest absolute Gasteiger partial charge is 0.354 e. The number of carbonyl (C=O) groups is 1. The number of piperidine rings is 1. The summed E-state index contributed by atoms with van der Waals surface area (Å²) >= 11 is 5.87. The summed E-state index contributed by atoms with van der Waals surface area (Å²) in [6.45, 7) is 0.529. The van der Waals surface area contributed by atoms with Gasteiger partial charge in [0.2, 0.25) is 17.1 Å². The fourth-order valence-corrected chi connectivity index (χ4v) is 2.01. The van der Waals surface area contributed by atoms with Gasteiger partial charge in [0, 0.05) is 19.0 Å². The quantitative estimate of drug-likeness (QED) is 0.806. The molecule has 3 heterocycles. The van der Waals surface area contributed by atoms with Crippen molar-refractivity contribution in [3.05, 3.63) is 17.9 Å². The Hall–Kier alpha value is -2.29. The van der Waals surface area contributed by atoms with E-state index in [4.69, 9.17) is 11.6 Å². The third-order valence-corrected chi connectivity index (χ3v) is 2.99. The second-order valence-electron chi connectivity index (χ2n) is 4.25. The van der Waals surface area contributed by atoms with E-state index in [1.165, 1.54) is 17.3 Å². The van der Waals surface area contributed by atoms with Crippen LogP contribution in [0.4, 0.5) is 5.95 Å². The number of nitrogens with zero attached hydrogens (tertiary/aromatic N) is 6. The first-order valence-corrected chi connectivity index (χ1v) is 6.38. The molecule has 1 atom stereocenters. The molecule has 2 aromatic rings. The van der Waals surface area contributed by atoms with E-state index in [1.807, 2.05) is 0 Å². The van der Waals surface area contributed by atoms with Crippen molar-refractivity contribution in [2.24, 2.45) is 0 Å². The van der Waals surface area contributed by atoms with Gasteiger partial charge in [-0.1, -0.05) is 0 Å². The maximum Gasteiger partial charge on any atom is 0.258 e. The van der Waals surface area contributed by atoms with Crippen LogP contribution in [-0.2, 0) is 4.79 Å². The molecule has 1 aliphatic rings. The summed E-state index contributed by atoms with van der Waals surface area (Å²) in [5.74, 6) is 0.682. The lowest BCUT2D eigenvalue weighted by Gasteiger charge is -2.23. The number of halogens is 1. The summed E-state index contributed by atoms with van der Waals surface area (Å²) in [6.07, 6.45) is 4.04. The van der Waals surface area contributed by atoms with Crippen LogP contribution in [0, 0.1) is 0 Å². The van der Waals surface area contributed by atoms with Crippen LogP contribution in [0.2, 0.25) is 5.28 Å². The second-order valence-corrected chi connectivity index (χ2v) is 4.59. The van der Waals surface area contributed by atoms with Gasteiger partial charge in [-0.2, -0.15) is 24.7 Å². The fraction of sp³-hybridized carbons (Fsp3) is 0.400.